The molecule has 0 aromatic heterocycles. The average Bonchev–Trinajstić information content (AvgIpc) is 2.39. The van der Waals surface area contributed by atoms with Gasteiger partial charge in [0.05, 0.1) is 12.5 Å². The molecule has 0 aromatic rings. The average molecular weight is 274 g/mol. The van der Waals surface area contributed by atoms with Gasteiger partial charge in [-0.25, -0.2) is 4.79 Å². The van der Waals surface area contributed by atoms with E-state index in [1.807, 2.05) is 20.8 Å². The van der Waals surface area contributed by atoms with E-state index >= 15 is 0 Å². The third-order valence-electron chi connectivity index (χ3n) is 2.93. The fourth-order valence-corrected chi connectivity index (χ4v) is 1.66. The molecule has 0 heterocycles. The Morgan fingerprint density at radius 2 is 1.74 bits per heavy atom. The molecule has 0 spiro atoms. The van der Waals surface area contributed by atoms with Gasteiger partial charge in [0.25, 0.3) is 0 Å². The van der Waals surface area contributed by atoms with Gasteiger partial charge in [0, 0.05) is 32.8 Å². The van der Waals surface area contributed by atoms with E-state index in [0.29, 0.717) is 32.8 Å². The molecular formula is C13H26N2O4. The predicted octanol–water partition coefficient (Wildman–Crippen LogP) is 1.51. The number of likely N-dealkylation sites (N-methyl/N-ethyl adjacent to an activating group) is 1. The summed E-state index contributed by atoms with van der Waals surface area (Å²) < 4.78 is 5.24. The first-order valence-electron chi connectivity index (χ1n) is 6.82. The van der Waals surface area contributed by atoms with Gasteiger partial charge >= 0.3 is 12.0 Å². The molecule has 1 unspecified atom stereocenters. The number of amides is 2. The van der Waals surface area contributed by atoms with E-state index in [4.69, 9.17) is 9.84 Å². The number of urea groups is 1. The molecule has 112 valence electrons. The molecule has 1 atom stereocenters. The van der Waals surface area contributed by atoms with Crippen LogP contribution in [0.25, 0.3) is 0 Å². The zero-order valence-electron chi connectivity index (χ0n) is 12.4. The van der Waals surface area contributed by atoms with Crippen LogP contribution in [0.2, 0.25) is 0 Å². The number of aliphatic carboxylic acids is 1. The van der Waals surface area contributed by atoms with E-state index in [1.54, 1.807) is 16.7 Å². The van der Waals surface area contributed by atoms with Crippen LogP contribution in [0, 0.1) is 5.92 Å². The monoisotopic (exact) mass is 274 g/mol. The zero-order valence-corrected chi connectivity index (χ0v) is 12.4. The Bertz CT molecular complexity index is 284. The van der Waals surface area contributed by atoms with Crippen LogP contribution in [0.15, 0.2) is 0 Å². The quantitative estimate of drug-likeness (QED) is 0.647. The number of carbonyl (C=O) groups excluding carboxylic acids is 1. The Hall–Kier alpha value is -1.30. The molecular weight excluding hydrogens is 248 g/mol. The van der Waals surface area contributed by atoms with Crippen molar-refractivity contribution in [1.82, 2.24) is 9.80 Å². The van der Waals surface area contributed by atoms with Crippen molar-refractivity contribution in [1.29, 1.82) is 0 Å². The molecule has 0 aliphatic rings. The number of hydrogen-bond donors (Lipinski definition) is 1. The highest BCUT2D eigenvalue weighted by Gasteiger charge is 2.22. The Morgan fingerprint density at radius 1 is 1.16 bits per heavy atom. The summed E-state index contributed by atoms with van der Waals surface area (Å²) in [5, 5.41) is 8.91. The second-order valence-corrected chi connectivity index (χ2v) is 4.34. The molecule has 0 bridgehead atoms. The van der Waals surface area contributed by atoms with E-state index in [2.05, 4.69) is 0 Å². The van der Waals surface area contributed by atoms with Crippen LogP contribution in [0.5, 0.6) is 0 Å². The van der Waals surface area contributed by atoms with Gasteiger partial charge in [-0.3, -0.25) is 4.79 Å². The molecule has 0 aliphatic carbocycles. The van der Waals surface area contributed by atoms with E-state index in [1.165, 1.54) is 0 Å². The van der Waals surface area contributed by atoms with Crippen molar-refractivity contribution in [3.63, 3.8) is 0 Å². The molecule has 0 aromatic carbocycles. The van der Waals surface area contributed by atoms with Crippen molar-refractivity contribution >= 4 is 12.0 Å². The normalized spacial score (nSPS) is 12.0. The lowest BCUT2D eigenvalue weighted by Gasteiger charge is -2.30. The molecule has 0 fully saturated rings. The number of carboxylic acid groups (broad SMARTS) is 1. The summed E-state index contributed by atoms with van der Waals surface area (Å²) in [7, 11) is 0. The minimum absolute atomic E-state index is 0.127. The number of ether oxygens (including phenoxy) is 1. The first kappa shape index (κ1) is 17.7. The molecule has 0 saturated carbocycles. The minimum Gasteiger partial charge on any atom is -0.481 e. The van der Waals surface area contributed by atoms with Crippen LogP contribution in [0.1, 0.15) is 27.7 Å². The molecule has 6 nitrogen and oxygen atoms in total. The molecule has 6 heteroatoms. The van der Waals surface area contributed by atoms with Gasteiger partial charge in [-0.15, -0.1) is 0 Å². The third kappa shape index (κ3) is 6.42. The smallest absolute Gasteiger partial charge is 0.320 e. The minimum atomic E-state index is -0.886. The van der Waals surface area contributed by atoms with Gasteiger partial charge < -0.3 is 19.6 Å². The molecule has 0 aliphatic heterocycles. The Balaban J connectivity index is 4.47. The molecule has 19 heavy (non-hydrogen) atoms. The Morgan fingerprint density at radius 3 is 2.16 bits per heavy atom. The molecule has 2 amide bonds. The van der Waals surface area contributed by atoms with E-state index < -0.39 is 11.9 Å². The standard InChI is InChI=1S/C13H26N2O4/c1-5-14(8-9-19-7-3)13(18)15(6-2)10-11(4)12(16)17/h11H,5-10H2,1-4H3,(H,16,17). The highest BCUT2D eigenvalue weighted by molar-refractivity contribution is 5.76. The van der Waals surface area contributed by atoms with E-state index in [-0.39, 0.29) is 12.6 Å². The van der Waals surface area contributed by atoms with Crippen molar-refractivity contribution < 1.29 is 19.4 Å². The molecule has 1 N–H and O–H groups in total. The van der Waals surface area contributed by atoms with Crippen LogP contribution in [-0.2, 0) is 9.53 Å². The van der Waals surface area contributed by atoms with Gasteiger partial charge in [-0.05, 0) is 20.8 Å². The number of carbonyl (C=O) groups is 2. The van der Waals surface area contributed by atoms with Crippen molar-refractivity contribution in [3.05, 3.63) is 0 Å². The van der Waals surface area contributed by atoms with E-state index in [9.17, 15) is 9.59 Å². The van der Waals surface area contributed by atoms with Crippen LogP contribution in [-0.4, -0.2) is 66.3 Å². The van der Waals surface area contributed by atoms with Gasteiger partial charge in [-0.1, -0.05) is 6.92 Å². The summed E-state index contributed by atoms with van der Waals surface area (Å²) in [6.45, 7) is 10.2. The largest absolute Gasteiger partial charge is 0.481 e. The third-order valence-corrected chi connectivity index (χ3v) is 2.93. The summed E-state index contributed by atoms with van der Waals surface area (Å²) >= 11 is 0. The van der Waals surface area contributed by atoms with Gasteiger partial charge in [0.1, 0.15) is 0 Å². The number of hydrogen-bond acceptors (Lipinski definition) is 3. The fourth-order valence-electron chi connectivity index (χ4n) is 1.66. The summed E-state index contributed by atoms with van der Waals surface area (Å²) in [5.74, 6) is -1.45. The summed E-state index contributed by atoms with van der Waals surface area (Å²) in [5.41, 5.74) is 0. The predicted molar refractivity (Wildman–Crippen MR) is 73.2 cm³/mol. The number of rotatable bonds is 9. The topological polar surface area (TPSA) is 70.1 Å². The number of nitrogens with zero attached hydrogens (tertiary/aromatic N) is 2. The van der Waals surface area contributed by atoms with Crippen molar-refractivity contribution in [3.8, 4) is 0 Å². The summed E-state index contributed by atoms with van der Waals surface area (Å²) in [6, 6.07) is -0.127. The second kappa shape index (κ2) is 9.61. The van der Waals surface area contributed by atoms with Crippen LogP contribution < -0.4 is 0 Å². The second-order valence-electron chi connectivity index (χ2n) is 4.34. The van der Waals surface area contributed by atoms with Crippen molar-refractivity contribution in [2.75, 3.05) is 39.4 Å². The Kier molecular flexibility index (Phi) is 8.95. The summed E-state index contributed by atoms with van der Waals surface area (Å²) in [6.07, 6.45) is 0. The highest BCUT2D eigenvalue weighted by Crippen LogP contribution is 2.05. The van der Waals surface area contributed by atoms with Gasteiger partial charge in [0.15, 0.2) is 0 Å². The van der Waals surface area contributed by atoms with E-state index in [0.717, 1.165) is 0 Å². The molecule has 0 rings (SSSR count). The maximum Gasteiger partial charge on any atom is 0.320 e. The van der Waals surface area contributed by atoms with Crippen molar-refractivity contribution in [2.24, 2.45) is 5.92 Å². The maximum absolute atomic E-state index is 12.3. The van der Waals surface area contributed by atoms with Crippen molar-refractivity contribution in [2.45, 2.75) is 27.7 Å². The lowest BCUT2D eigenvalue weighted by atomic mass is 10.2. The first-order chi connectivity index (χ1) is 8.97. The van der Waals surface area contributed by atoms with Crippen LogP contribution >= 0.6 is 0 Å². The first-order valence-corrected chi connectivity index (χ1v) is 6.82. The van der Waals surface area contributed by atoms with Gasteiger partial charge in [-0.2, -0.15) is 0 Å². The SMILES string of the molecule is CCOCCN(CC)C(=O)N(CC)CC(C)C(=O)O. The number of carboxylic acids is 1. The lowest BCUT2D eigenvalue weighted by Crippen LogP contribution is -2.46. The zero-order chi connectivity index (χ0) is 14.8. The molecule has 0 radical (unpaired) electrons. The Labute approximate surface area is 115 Å². The van der Waals surface area contributed by atoms with Crippen LogP contribution in [0.4, 0.5) is 4.79 Å². The van der Waals surface area contributed by atoms with Gasteiger partial charge in [0.2, 0.25) is 0 Å². The summed E-state index contributed by atoms with van der Waals surface area (Å²) in [4.78, 5) is 26.4. The highest BCUT2D eigenvalue weighted by atomic mass is 16.5. The fraction of sp³-hybridized carbons (Fsp3) is 0.846. The van der Waals surface area contributed by atoms with Crippen LogP contribution in [0.3, 0.4) is 0 Å². The molecule has 0 saturated heterocycles. The lowest BCUT2D eigenvalue weighted by molar-refractivity contribution is -0.141. The maximum atomic E-state index is 12.3.